The number of β-lactam (4-membered cyclic amide) rings is 1. The summed E-state index contributed by atoms with van der Waals surface area (Å²) in [5.74, 6) is 0.885. The third-order valence-corrected chi connectivity index (χ3v) is 7.49. The van der Waals surface area contributed by atoms with Crippen LogP contribution >= 0.6 is 12.0 Å². The molecule has 3 unspecified atom stereocenters. The first-order valence-corrected chi connectivity index (χ1v) is 13.8. The fourth-order valence-electron chi connectivity index (χ4n) is 5.03. The number of carbonyl (C=O) groups is 1. The summed E-state index contributed by atoms with van der Waals surface area (Å²) in [5.41, 5.74) is 4.55. The van der Waals surface area contributed by atoms with E-state index in [-0.39, 0.29) is 23.7 Å². The minimum atomic E-state index is -0.776. The largest absolute Gasteiger partial charge is 0.425 e. The summed E-state index contributed by atoms with van der Waals surface area (Å²) in [6.45, 7) is 2.04. The molecule has 3 atom stereocenters. The van der Waals surface area contributed by atoms with Crippen molar-refractivity contribution in [3.05, 3.63) is 120 Å². The Bertz CT molecular complexity index is 1360. The Morgan fingerprint density at radius 3 is 2.29 bits per heavy atom. The van der Waals surface area contributed by atoms with E-state index in [0.717, 1.165) is 33.9 Å². The molecule has 6 heteroatoms. The molecule has 194 valence electrons. The van der Waals surface area contributed by atoms with Crippen LogP contribution in [0.3, 0.4) is 0 Å². The number of carbonyl (C=O) groups excluding carboxylic acids is 1. The zero-order chi connectivity index (χ0) is 26.5. The van der Waals surface area contributed by atoms with E-state index in [2.05, 4.69) is 24.3 Å². The standard InChI is InChI=1S/C32H30FNO3S/c1-2-38-37-30-21-24(22-9-5-3-6-10-22)15-18-27(30)31-28(32(36)34(31)26-11-7-4-8-12-26)19-20-29(35)23-13-16-25(33)17-14-23/h3-18,21,28-29,31,35H,2,19-20H2,1H3. The number of hydrogen-bond acceptors (Lipinski definition) is 4. The Morgan fingerprint density at radius 2 is 1.61 bits per heavy atom. The molecule has 4 aromatic rings. The molecular formula is C32H30FNO3S. The van der Waals surface area contributed by atoms with E-state index in [9.17, 15) is 14.3 Å². The maximum atomic E-state index is 13.5. The van der Waals surface area contributed by atoms with E-state index < -0.39 is 6.10 Å². The van der Waals surface area contributed by atoms with E-state index in [1.54, 1.807) is 12.1 Å². The summed E-state index contributed by atoms with van der Waals surface area (Å²) < 4.78 is 19.5. The molecule has 4 nitrogen and oxygen atoms in total. The number of para-hydroxylation sites is 1. The lowest BCUT2D eigenvalue weighted by molar-refractivity contribution is -0.131. The summed E-state index contributed by atoms with van der Waals surface area (Å²) in [6.07, 6.45) is 0.108. The Hall–Kier alpha value is -3.61. The molecule has 0 radical (unpaired) electrons. The minimum absolute atomic E-state index is 0.0220. The third-order valence-electron chi connectivity index (χ3n) is 6.96. The van der Waals surface area contributed by atoms with Crippen molar-refractivity contribution in [2.24, 2.45) is 5.92 Å². The molecule has 1 saturated heterocycles. The van der Waals surface area contributed by atoms with Crippen molar-refractivity contribution in [2.45, 2.75) is 31.9 Å². The second kappa shape index (κ2) is 11.8. The summed E-state index contributed by atoms with van der Waals surface area (Å²) in [6, 6.07) is 31.6. The number of halogens is 1. The highest BCUT2D eigenvalue weighted by molar-refractivity contribution is 7.94. The van der Waals surface area contributed by atoms with Crippen LogP contribution in [0.15, 0.2) is 103 Å². The Morgan fingerprint density at radius 1 is 0.921 bits per heavy atom. The molecule has 1 aliphatic rings. The minimum Gasteiger partial charge on any atom is -0.425 e. The highest BCUT2D eigenvalue weighted by Crippen LogP contribution is 2.49. The number of aliphatic hydroxyl groups is 1. The second-order valence-electron chi connectivity index (χ2n) is 9.35. The van der Waals surface area contributed by atoms with Gasteiger partial charge in [0.05, 0.1) is 30.1 Å². The number of rotatable bonds is 10. The fraction of sp³-hybridized carbons (Fsp3) is 0.219. The van der Waals surface area contributed by atoms with Gasteiger partial charge in [0.1, 0.15) is 11.6 Å². The number of benzene rings is 4. The molecule has 0 aromatic heterocycles. The predicted octanol–water partition coefficient (Wildman–Crippen LogP) is 7.76. The molecule has 0 bridgehead atoms. The number of hydrogen-bond donors (Lipinski definition) is 1. The molecule has 4 aromatic carbocycles. The van der Waals surface area contributed by atoms with E-state index in [0.29, 0.717) is 18.4 Å². The molecule has 0 spiro atoms. The van der Waals surface area contributed by atoms with Gasteiger partial charge in [0.15, 0.2) is 0 Å². The Balaban J connectivity index is 1.47. The molecule has 1 N–H and O–H groups in total. The normalized spacial score (nSPS) is 17.7. The summed E-state index contributed by atoms with van der Waals surface area (Å²) >= 11 is 1.37. The molecule has 1 heterocycles. The van der Waals surface area contributed by atoms with Crippen LogP contribution < -0.4 is 9.08 Å². The Kier molecular flexibility index (Phi) is 8.11. The van der Waals surface area contributed by atoms with Crippen molar-refractivity contribution in [1.29, 1.82) is 0 Å². The van der Waals surface area contributed by atoms with Gasteiger partial charge in [0, 0.05) is 17.0 Å². The molecule has 1 amide bonds. The highest BCUT2D eigenvalue weighted by atomic mass is 32.2. The average Bonchev–Trinajstić information content (AvgIpc) is 2.96. The average molecular weight is 528 g/mol. The van der Waals surface area contributed by atoms with Crippen molar-refractivity contribution in [3.8, 4) is 16.9 Å². The van der Waals surface area contributed by atoms with Crippen molar-refractivity contribution < 1.29 is 18.5 Å². The monoisotopic (exact) mass is 527 g/mol. The topological polar surface area (TPSA) is 49.8 Å². The molecule has 1 aliphatic heterocycles. The highest BCUT2D eigenvalue weighted by Gasteiger charge is 2.49. The fourth-order valence-corrected chi connectivity index (χ4v) is 5.42. The van der Waals surface area contributed by atoms with Gasteiger partial charge < -0.3 is 14.2 Å². The van der Waals surface area contributed by atoms with E-state index >= 15 is 0 Å². The molecule has 5 rings (SSSR count). The third kappa shape index (κ3) is 5.47. The van der Waals surface area contributed by atoms with Crippen LogP contribution in [0.1, 0.15) is 43.0 Å². The first-order valence-electron chi connectivity index (χ1n) is 12.9. The lowest BCUT2D eigenvalue weighted by Crippen LogP contribution is -2.55. The van der Waals surface area contributed by atoms with Gasteiger partial charge in [-0.25, -0.2) is 4.39 Å². The van der Waals surface area contributed by atoms with Gasteiger partial charge in [-0.2, -0.15) is 0 Å². The molecule has 0 aliphatic carbocycles. The smallest absolute Gasteiger partial charge is 0.233 e. The van der Waals surface area contributed by atoms with Crippen LogP contribution in [-0.4, -0.2) is 16.8 Å². The number of anilines is 1. The number of nitrogens with zero attached hydrogens (tertiary/aromatic N) is 1. The predicted molar refractivity (Wildman–Crippen MR) is 151 cm³/mol. The first-order chi connectivity index (χ1) is 18.6. The molecule has 38 heavy (non-hydrogen) atoms. The van der Waals surface area contributed by atoms with Crippen molar-refractivity contribution in [2.75, 3.05) is 10.7 Å². The summed E-state index contributed by atoms with van der Waals surface area (Å²) in [5, 5.41) is 10.8. The first kappa shape index (κ1) is 26.0. The van der Waals surface area contributed by atoms with Gasteiger partial charge in [-0.3, -0.25) is 4.79 Å². The van der Waals surface area contributed by atoms with Crippen molar-refractivity contribution in [3.63, 3.8) is 0 Å². The van der Waals surface area contributed by atoms with Crippen LogP contribution in [0.4, 0.5) is 10.1 Å². The van der Waals surface area contributed by atoms with Gasteiger partial charge in [-0.15, -0.1) is 0 Å². The van der Waals surface area contributed by atoms with Crippen LogP contribution in [0.2, 0.25) is 0 Å². The van der Waals surface area contributed by atoms with Gasteiger partial charge in [-0.1, -0.05) is 79.7 Å². The van der Waals surface area contributed by atoms with Crippen LogP contribution in [0, 0.1) is 11.7 Å². The Labute approximate surface area is 227 Å². The zero-order valence-corrected chi connectivity index (χ0v) is 22.0. The lowest BCUT2D eigenvalue weighted by Gasteiger charge is -2.48. The van der Waals surface area contributed by atoms with E-state index in [4.69, 9.17) is 4.18 Å². The summed E-state index contributed by atoms with van der Waals surface area (Å²) in [7, 11) is 0. The van der Waals surface area contributed by atoms with E-state index in [1.807, 2.05) is 66.4 Å². The summed E-state index contributed by atoms with van der Waals surface area (Å²) in [4.78, 5) is 15.3. The van der Waals surface area contributed by atoms with Crippen molar-refractivity contribution >= 4 is 23.6 Å². The quantitative estimate of drug-likeness (QED) is 0.169. The van der Waals surface area contributed by atoms with Crippen LogP contribution in [-0.2, 0) is 4.79 Å². The number of amides is 1. The van der Waals surface area contributed by atoms with Gasteiger partial charge >= 0.3 is 0 Å². The van der Waals surface area contributed by atoms with Gasteiger partial charge in [0.25, 0.3) is 0 Å². The second-order valence-corrected chi connectivity index (χ2v) is 10.3. The molecule has 1 fully saturated rings. The SMILES string of the molecule is CCSOc1cc(-c2ccccc2)ccc1C1C(CCC(O)c2ccc(F)cc2)C(=O)N1c1ccccc1. The van der Waals surface area contributed by atoms with Crippen molar-refractivity contribution in [1.82, 2.24) is 0 Å². The molecular weight excluding hydrogens is 497 g/mol. The maximum absolute atomic E-state index is 13.5. The zero-order valence-electron chi connectivity index (χ0n) is 21.2. The van der Waals surface area contributed by atoms with Gasteiger partial charge in [-0.05, 0) is 59.9 Å². The van der Waals surface area contributed by atoms with Gasteiger partial charge in [0.2, 0.25) is 5.91 Å². The molecule has 0 saturated carbocycles. The van der Waals surface area contributed by atoms with Crippen LogP contribution in [0.25, 0.3) is 11.1 Å². The van der Waals surface area contributed by atoms with E-state index in [1.165, 1.54) is 24.2 Å². The lowest BCUT2D eigenvalue weighted by atomic mass is 9.77. The number of aliphatic hydroxyl groups excluding tert-OH is 1. The van der Waals surface area contributed by atoms with Crippen LogP contribution in [0.5, 0.6) is 5.75 Å². The maximum Gasteiger partial charge on any atom is 0.233 e.